The number of thiophene rings is 1. The Balaban J connectivity index is 2.30. The summed E-state index contributed by atoms with van der Waals surface area (Å²) in [5.41, 5.74) is 0.481. The summed E-state index contributed by atoms with van der Waals surface area (Å²) in [5.74, 6) is 0.206. The van der Waals surface area contributed by atoms with Gasteiger partial charge in [0.1, 0.15) is 12.0 Å². The molecule has 1 aromatic rings. The Bertz CT molecular complexity index is 999. The fourth-order valence-electron chi connectivity index (χ4n) is 2.60. The highest BCUT2D eigenvalue weighted by molar-refractivity contribution is 7.21. The normalized spacial score (nSPS) is 10.9. The fraction of sp³-hybridized carbons (Fsp3) is 0.188. The number of hydrogen-bond acceptors (Lipinski definition) is 7. The van der Waals surface area contributed by atoms with Crippen LogP contribution in [0.15, 0.2) is 27.6 Å². The predicted molar refractivity (Wildman–Crippen MR) is 88.3 cm³/mol. The number of rotatable bonds is 4. The summed E-state index contributed by atoms with van der Waals surface area (Å²) in [5, 5.41) is 17.8. The van der Waals surface area contributed by atoms with Gasteiger partial charge in [-0.05, 0) is 12.5 Å². The van der Waals surface area contributed by atoms with Crippen molar-refractivity contribution >= 4 is 33.7 Å². The molecule has 2 aliphatic rings. The lowest BCUT2D eigenvalue weighted by Gasteiger charge is -2.11. The molecule has 3 rings (SSSR count). The molecular formula is C16H12O8S. The first kappa shape index (κ1) is 16.8. The minimum atomic E-state index is -1.52. The van der Waals surface area contributed by atoms with E-state index >= 15 is 0 Å². The first-order valence-corrected chi connectivity index (χ1v) is 8.04. The van der Waals surface area contributed by atoms with E-state index in [4.69, 9.17) is 14.6 Å². The van der Waals surface area contributed by atoms with Crippen molar-refractivity contribution < 1.29 is 33.7 Å². The molecule has 0 aromatic carbocycles. The number of carboxylic acid groups (broad SMARTS) is 2. The molecule has 1 aliphatic heterocycles. The topological polar surface area (TPSA) is 123 Å². The Morgan fingerprint density at radius 1 is 1.20 bits per heavy atom. The van der Waals surface area contributed by atoms with Crippen molar-refractivity contribution in [2.75, 3.05) is 0 Å². The van der Waals surface area contributed by atoms with Crippen LogP contribution in [0.1, 0.15) is 18.9 Å². The molecule has 25 heavy (non-hydrogen) atoms. The highest BCUT2D eigenvalue weighted by atomic mass is 32.1. The molecule has 2 N–H and O–H groups in total. The molecule has 9 heteroatoms. The number of hydrogen-bond donors (Lipinski definition) is 2. The maximum Gasteiger partial charge on any atom is 0.512 e. The van der Waals surface area contributed by atoms with Crippen molar-refractivity contribution in [2.45, 2.75) is 19.8 Å². The summed E-state index contributed by atoms with van der Waals surface area (Å²) in [4.78, 5) is 34.1. The van der Waals surface area contributed by atoms with Gasteiger partial charge in [-0.15, -0.1) is 0 Å². The van der Waals surface area contributed by atoms with Crippen LogP contribution in [0.2, 0.25) is 0 Å². The molecule has 0 unspecified atom stereocenters. The zero-order valence-electron chi connectivity index (χ0n) is 12.9. The van der Waals surface area contributed by atoms with Gasteiger partial charge in [0.25, 0.3) is 0 Å². The third-order valence-corrected chi connectivity index (χ3v) is 4.54. The lowest BCUT2D eigenvalue weighted by atomic mass is 9.98. The van der Waals surface area contributed by atoms with E-state index in [1.165, 1.54) is 12.1 Å². The molecule has 0 bridgehead atoms. The Hall–Kier alpha value is -3.07. The Labute approximate surface area is 144 Å². The van der Waals surface area contributed by atoms with Crippen LogP contribution in [0, 0.1) is 0 Å². The van der Waals surface area contributed by atoms with Gasteiger partial charge in [0.05, 0.1) is 5.56 Å². The average molecular weight is 364 g/mol. The maximum atomic E-state index is 12.7. The second-order valence-corrected chi connectivity index (χ2v) is 6.14. The van der Waals surface area contributed by atoms with E-state index in [1.807, 2.05) is 6.92 Å². The van der Waals surface area contributed by atoms with Crippen LogP contribution in [0.25, 0.3) is 21.4 Å². The molecule has 130 valence electrons. The first-order valence-electron chi connectivity index (χ1n) is 7.23. The second kappa shape index (κ2) is 6.44. The summed E-state index contributed by atoms with van der Waals surface area (Å²) in [6.45, 7) is 1.95. The van der Waals surface area contributed by atoms with Gasteiger partial charge in [-0.3, -0.25) is 4.79 Å². The first-order chi connectivity index (χ1) is 11.9. The van der Waals surface area contributed by atoms with E-state index in [0.29, 0.717) is 22.3 Å². The largest absolute Gasteiger partial charge is 0.512 e. The minimum absolute atomic E-state index is 0.0780. The maximum absolute atomic E-state index is 12.7. The van der Waals surface area contributed by atoms with Gasteiger partial charge >= 0.3 is 12.3 Å². The van der Waals surface area contributed by atoms with Gasteiger partial charge in [0.15, 0.2) is 16.2 Å². The van der Waals surface area contributed by atoms with Crippen molar-refractivity contribution in [1.82, 2.24) is 0 Å². The number of carbonyl (C=O) groups is 2. The van der Waals surface area contributed by atoms with Crippen molar-refractivity contribution in [1.29, 1.82) is 0 Å². The van der Waals surface area contributed by atoms with E-state index in [0.717, 1.165) is 29.6 Å². The number of benzene rings is 1. The zero-order valence-corrected chi connectivity index (χ0v) is 13.7. The molecule has 1 aliphatic carbocycles. The molecule has 1 aromatic heterocycles. The Morgan fingerprint density at radius 2 is 1.92 bits per heavy atom. The summed E-state index contributed by atoms with van der Waals surface area (Å²) >= 11 is 1.05. The Kier molecular flexibility index (Phi) is 4.32. The van der Waals surface area contributed by atoms with Crippen LogP contribution in [-0.4, -0.2) is 22.5 Å². The molecule has 0 atom stereocenters. The van der Waals surface area contributed by atoms with Crippen LogP contribution in [0.4, 0.5) is 9.59 Å². The fourth-order valence-corrected chi connectivity index (χ4v) is 3.67. The molecule has 0 radical (unpaired) electrons. The lowest BCUT2D eigenvalue weighted by molar-refractivity contribution is 0.142. The average Bonchev–Trinajstić information content (AvgIpc) is 2.94. The van der Waals surface area contributed by atoms with Gasteiger partial charge in [-0.2, -0.15) is 0 Å². The summed E-state index contributed by atoms with van der Waals surface area (Å²) in [6.07, 6.45) is -0.531. The Morgan fingerprint density at radius 3 is 2.56 bits per heavy atom. The van der Waals surface area contributed by atoms with Gasteiger partial charge in [0, 0.05) is 21.7 Å². The molecule has 0 spiro atoms. The van der Waals surface area contributed by atoms with Crippen LogP contribution in [0.5, 0.6) is 10.8 Å². The van der Waals surface area contributed by atoms with E-state index in [9.17, 15) is 14.4 Å². The quantitative estimate of drug-likeness (QED) is 0.665. The predicted octanol–water partition coefficient (Wildman–Crippen LogP) is 4.03. The van der Waals surface area contributed by atoms with Gasteiger partial charge in [0.2, 0.25) is 0 Å². The number of fused-ring (bicyclic) bond motifs is 2. The van der Waals surface area contributed by atoms with Crippen LogP contribution >= 0.6 is 11.3 Å². The van der Waals surface area contributed by atoms with Crippen molar-refractivity contribution in [3.8, 4) is 22.1 Å². The van der Waals surface area contributed by atoms with E-state index in [-0.39, 0.29) is 16.4 Å². The van der Waals surface area contributed by atoms with Crippen molar-refractivity contribution in [3.63, 3.8) is 0 Å². The molecule has 2 heterocycles. The zero-order chi connectivity index (χ0) is 18.1. The lowest BCUT2D eigenvalue weighted by Crippen LogP contribution is -2.10. The van der Waals surface area contributed by atoms with Crippen LogP contribution in [0.3, 0.4) is 0 Å². The summed E-state index contributed by atoms with van der Waals surface area (Å²) in [7, 11) is 0. The monoisotopic (exact) mass is 364 g/mol. The van der Waals surface area contributed by atoms with Gasteiger partial charge in [-0.25, -0.2) is 9.59 Å². The van der Waals surface area contributed by atoms with Gasteiger partial charge < -0.3 is 24.1 Å². The van der Waals surface area contributed by atoms with E-state index in [1.54, 1.807) is 0 Å². The van der Waals surface area contributed by atoms with Crippen molar-refractivity contribution in [2.24, 2.45) is 0 Å². The van der Waals surface area contributed by atoms with Gasteiger partial charge in [-0.1, -0.05) is 24.7 Å². The second-order valence-electron chi connectivity index (χ2n) is 5.13. The van der Waals surface area contributed by atoms with Crippen molar-refractivity contribution in [3.05, 3.63) is 34.2 Å². The molecule has 0 amide bonds. The molecule has 0 fully saturated rings. The van der Waals surface area contributed by atoms with E-state index in [2.05, 4.69) is 9.47 Å². The molecular weight excluding hydrogens is 352 g/mol. The van der Waals surface area contributed by atoms with Crippen LogP contribution in [-0.2, 0) is 6.42 Å². The smallest absolute Gasteiger partial charge is 0.460 e. The van der Waals surface area contributed by atoms with Crippen LogP contribution < -0.4 is 14.9 Å². The third-order valence-electron chi connectivity index (χ3n) is 3.46. The molecule has 8 nitrogen and oxygen atoms in total. The molecule has 0 saturated heterocycles. The van der Waals surface area contributed by atoms with E-state index < -0.39 is 17.7 Å². The highest BCUT2D eigenvalue weighted by Gasteiger charge is 2.23. The third kappa shape index (κ3) is 3.13. The molecule has 0 saturated carbocycles. The summed E-state index contributed by atoms with van der Waals surface area (Å²) < 4.78 is 15.2. The number of ether oxygens (including phenoxy) is 2. The standard InChI is InChI=1S/C16H12O8S/c1-2-3-8-13-9(4-7(6-22-13)23-15(18)19)12(17)10-5-11(24-16(20)21)25-14(8)10/h4-6H,2-3H2,1H3,(H,18,19)(H,20,21). The summed E-state index contributed by atoms with van der Waals surface area (Å²) in [6, 6.07) is 2.66. The SMILES string of the molecule is CCCc1c2occ(OC(=O)O)cc-2c(=O)c2cc(OC(=O)O)sc12. The highest BCUT2D eigenvalue weighted by Crippen LogP contribution is 2.39. The number of aryl methyl sites for hydroxylation is 1. The minimum Gasteiger partial charge on any atom is -0.460 e.